The summed E-state index contributed by atoms with van der Waals surface area (Å²) in [5, 5.41) is 10.1. The van der Waals surface area contributed by atoms with Gasteiger partial charge in [0.1, 0.15) is 5.75 Å². The number of hydrogen-bond acceptors (Lipinski definition) is 6. The molecule has 0 heterocycles. The Morgan fingerprint density at radius 3 is 2.52 bits per heavy atom. The molecule has 160 valence electrons. The van der Waals surface area contributed by atoms with Crippen LogP contribution in [0.2, 0.25) is 0 Å². The van der Waals surface area contributed by atoms with Gasteiger partial charge in [-0.15, -0.1) is 0 Å². The van der Waals surface area contributed by atoms with Crippen LogP contribution >= 0.6 is 0 Å². The van der Waals surface area contributed by atoms with Gasteiger partial charge in [0.2, 0.25) is 0 Å². The third kappa shape index (κ3) is 3.84. The number of nitrogens with two attached hydrogens (primary N) is 2. The van der Waals surface area contributed by atoms with Gasteiger partial charge in [-0.2, -0.15) is 22.0 Å². The SMILES string of the molecule is CC[C@]12CC=C3c4ccc(OS(N)(=O)=O)cc4CC[C@H]3[C@@H]1CC[C@@H]2OS(N)(=O)=O. The largest absolute Gasteiger partial charge is 0.380 e. The average Bonchev–Trinajstić information content (AvgIpc) is 2.97. The van der Waals surface area contributed by atoms with Crippen molar-refractivity contribution < 1.29 is 25.2 Å². The summed E-state index contributed by atoms with van der Waals surface area (Å²) in [4.78, 5) is 0. The molecule has 0 amide bonds. The van der Waals surface area contributed by atoms with Crippen LogP contribution in [0.1, 0.15) is 50.2 Å². The van der Waals surface area contributed by atoms with Crippen molar-refractivity contribution in [3.63, 3.8) is 0 Å². The minimum atomic E-state index is -4.06. The third-order valence-corrected chi connectivity index (χ3v) is 7.87. The van der Waals surface area contributed by atoms with Crippen molar-refractivity contribution in [2.45, 2.75) is 51.6 Å². The van der Waals surface area contributed by atoms with E-state index in [0.717, 1.165) is 43.2 Å². The Balaban J connectivity index is 1.68. The normalized spacial score (nSPS) is 31.4. The van der Waals surface area contributed by atoms with Gasteiger partial charge < -0.3 is 4.18 Å². The summed E-state index contributed by atoms with van der Waals surface area (Å²) in [5.74, 6) is 0.856. The molecule has 1 aromatic carbocycles. The number of aryl methyl sites for hydroxylation is 1. The molecule has 0 saturated heterocycles. The van der Waals surface area contributed by atoms with Crippen molar-refractivity contribution in [3.8, 4) is 5.75 Å². The summed E-state index contributed by atoms with van der Waals surface area (Å²) in [6, 6.07) is 5.25. The zero-order valence-corrected chi connectivity index (χ0v) is 17.8. The average molecular weight is 443 g/mol. The van der Waals surface area contributed by atoms with Gasteiger partial charge in [-0.1, -0.05) is 19.1 Å². The lowest BCUT2D eigenvalue weighted by atomic mass is 9.58. The molecule has 10 heteroatoms. The smallest absolute Gasteiger partial charge is 0.371 e. The molecule has 4 rings (SSSR count). The Morgan fingerprint density at radius 1 is 1.10 bits per heavy atom. The third-order valence-electron chi connectivity index (χ3n) is 6.94. The maximum atomic E-state index is 11.6. The Hall–Kier alpha value is -1.46. The van der Waals surface area contributed by atoms with Crippen molar-refractivity contribution in [3.05, 3.63) is 35.4 Å². The van der Waals surface area contributed by atoms with E-state index < -0.39 is 26.7 Å². The lowest BCUT2D eigenvalue weighted by Crippen LogP contribution is -2.44. The lowest BCUT2D eigenvalue weighted by molar-refractivity contribution is 0.0267. The number of hydrogen-bond donors (Lipinski definition) is 2. The van der Waals surface area contributed by atoms with Crippen LogP contribution in [0.15, 0.2) is 24.3 Å². The van der Waals surface area contributed by atoms with Gasteiger partial charge in [0, 0.05) is 5.41 Å². The zero-order valence-electron chi connectivity index (χ0n) is 16.2. The molecule has 0 radical (unpaired) electrons. The maximum Gasteiger partial charge on any atom is 0.380 e. The first kappa shape index (κ1) is 20.8. The molecular formula is C19H26N2O6S2. The Morgan fingerprint density at radius 2 is 1.86 bits per heavy atom. The van der Waals surface area contributed by atoms with Crippen molar-refractivity contribution >= 4 is 26.2 Å². The summed E-state index contributed by atoms with van der Waals surface area (Å²) >= 11 is 0. The maximum absolute atomic E-state index is 11.6. The fourth-order valence-corrected chi connectivity index (χ4v) is 6.84. The summed E-state index contributed by atoms with van der Waals surface area (Å²) in [6.07, 6.45) is 6.65. The van der Waals surface area contributed by atoms with Crippen molar-refractivity contribution in [1.29, 1.82) is 0 Å². The standard InChI is InChI=1S/C19H26N2O6S2/c1-2-19-10-9-15-14-6-4-13(26-28(20,22)23)11-12(14)3-5-16(15)17(19)7-8-18(19)27-29(21,24)25/h4,6,9,11,16-18H,2-3,5,7-8,10H2,1H3,(H2,20,22,23)(H2,21,24,25)/t16-,17+,18+,19+/m1/s1. The first-order chi connectivity index (χ1) is 13.5. The highest BCUT2D eigenvalue weighted by atomic mass is 32.2. The van der Waals surface area contributed by atoms with Crippen LogP contribution in [0.25, 0.3) is 5.57 Å². The minimum Gasteiger partial charge on any atom is -0.371 e. The Labute approximate surface area is 171 Å². The molecule has 0 bridgehead atoms. The van der Waals surface area contributed by atoms with Crippen LogP contribution in [-0.2, 0) is 31.2 Å². The highest BCUT2D eigenvalue weighted by Gasteiger charge is 2.55. The van der Waals surface area contributed by atoms with Crippen LogP contribution in [0.4, 0.5) is 0 Å². The number of fused-ring (bicyclic) bond motifs is 5. The first-order valence-electron chi connectivity index (χ1n) is 9.79. The predicted octanol–water partition coefficient (Wildman–Crippen LogP) is 2.01. The quantitative estimate of drug-likeness (QED) is 0.715. The van der Waals surface area contributed by atoms with Crippen molar-refractivity contribution in [2.75, 3.05) is 0 Å². The van der Waals surface area contributed by atoms with Crippen LogP contribution in [0.5, 0.6) is 5.75 Å². The van der Waals surface area contributed by atoms with Crippen LogP contribution in [0, 0.1) is 17.3 Å². The van der Waals surface area contributed by atoms with E-state index in [1.807, 2.05) is 6.07 Å². The van der Waals surface area contributed by atoms with Gasteiger partial charge in [0.25, 0.3) is 0 Å². The Kier molecular flexibility index (Phi) is 5.06. The van der Waals surface area contributed by atoms with Gasteiger partial charge in [0.05, 0.1) is 6.10 Å². The van der Waals surface area contributed by atoms with Gasteiger partial charge in [-0.25, -0.2) is 5.14 Å². The van der Waals surface area contributed by atoms with E-state index in [2.05, 4.69) is 13.0 Å². The van der Waals surface area contributed by atoms with E-state index in [9.17, 15) is 16.8 Å². The number of allylic oxidation sites excluding steroid dienone is 2. The molecule has 4 N–H and O–H groups in total. The van der Waals surface area contributed by atoms with Crippen LogP contribution in [-0.4, -0.2) is 22.9 Å². The van der Waals surface area contributed by atoms with Gasteiger partial charge >= 0.3 is 20.6 Å². The molecule has 0 aliphatic heterocycles. The molecular weight excluding hydrogens is 416 g/mol. The molecule has 3 aliphatic carbocycles. The molecule has 8 nitrogen and oxygen atoms in total. The topological polar surface area (TPSA) is 139 Å². The molecule has 0 unspecified atom stereocenters. The van der Waals surface area contributed by atoms with E-state index in [0.29, 0.717) is 18.3 Å². The zero-order chi connectivity index (χ0) is 21.0. The van der Waals surface area contributed by atoms with Crippen molar-refractivity contribution in [1.82, 2.24) is 0 Å². The second-order valence-corrected chi connectivity index (χ2v) is 10.6. The molecule has 0 spiro atoms. The van der Waals surface area contributed by atoms with Crippen LogP contribution in [0.3, 0.4) is 0 Å². The monoisotopic (exact) mass is 442 g/mol. The van der Waals surface area contributed by atoms with E-state index >= 15 is 0 Å². The summed E-state index contributed by atoms with van der Waals surface area (Å²) in [7, 11) is -8.06. The van der Waals surface area contributed by atoms with Crippen LogP contribution < -0.4 is 14.5 Å². The van der Waals surface area contributed by atoms with E-state index in [1.165, 1.54) is 5.57 Å². The second kappa shape index (κ2) is 7.05. The molecule has 29 heavy (non-hydrogen) atoms. The molecule has 0 aromatic heterocycles. The highest BCUT2D eigenvalue weighted by molar-refractivity contribution is 7.84. The van der Waals surface area contributed by atoms with Gasteiger partial charge in [-0.3, -0.25) is 4.18 Å². The first-order valence-corrected chi connectivity index (χ1v) is 12.7. The summed E-state index contributed by atoms with van der Waals surface area (Å²) < 4.78 is 55.7. The summed E-state index contributed by atoms with van der Waals surface area (Å²) in [6.45, 7) is 2.09. The van der Waals surface area contributed by atoms with Crippen molar-refractivity contribution in [2.24, 2.45) is 27.5 Å². The number of benzene rings is 1. The fraction of sp³-hybridized carbons (Fsp3) is 0.579. The highest BCUT2D eigenvalue weighted by Crippen LogP contribution is 2.61. The van der Waals surface area contributed by atoms with Gasteiger partial charge in [0.15, 0.2) is 0 Å². The minimum absolute atomic E-state index is 0.214. The molecule has 1 saturated carbocycles. The molecule has 3 aliphatic rings. The second-order valence-electron chi connectivity index (χ2n) is 8.25. The number of rotatable bonds is 5. The van der Waals surface area contributed by atoms with E-state index in [4.69, 9.17) is 18.6 Å². The molecule has 4 atom stereocenters. The molecule has 1 aromatic rings. The Bertz CT molecular complexity index is 1070. The van der Waals surface area contributed by atoms with Gasteiger partial charge in [-0.05, 0) is 79.2 Å². The fourth-order valence-electron chi connectivity index (χ4n) is 5.86. The molecule has 1 fully saturated rings. The van der Waals surface area contributed by atoms with E-state index in [-0.39, 0.29) is 11.2 Å². The predicted molar refractivity (Wildman–Crippen MR) is 108 cm³/mol. The van der Waals surface area contributed by atoms with E-state index in [1.54, 1.807) is 12.1 Å². The summed E-state index contributed by atoms with van der Waals surface area (Å²) in [5.41, 5.74) is 3.16. The lowest BCUT2D eigenvalue weighted by Gasteiger charge is -2.47.